The molecule has 7 heteroatoms. The average molecular weight is 215 g/mol. The fraction of sp³-hybridized carbons (Fsp3) is 0.333. The maximum absolute atomic E-state index is 9.45. The molecule has 4 nitrogen and oxygen atoms in total. The van der Waals surface area contributed by atoms with Crippen LogP contribution in [-0.2, 0) is 4.79 Å². The first-order valence-electron chi connectivity index (χ1n) is 1.67. The Balaban J connectivity index is -0.0000000910. The number of rotatable bonds is 1. The topological polar surface area (TPSA) is 74.6 Å². The quantitative estimate of drug-likeness (QED) is 0.381. The van der Waals surface area contributed by atoms with Crippen LogP contribution in [0.15, 0.2) is 0 Å². The second-order valence-electron chi connectivity index (χ2n) is 0.771. The zero-order valence-corrected chi connectivity index (χ0v) is 5.69. The van der Waals surface area contributed by atoms with Crippen molar-refractivity contribution in [3.63, 3.8) is 0 Å². The van der Waals surface area contributed by atoms with Gasteiger partial charge < -0.3 is 10.2 Å². The summed E-state index contributed by atoms with van der Waals surface area (Å²) in [6, 6.07) is 0. The van der Waals surface area contributed by atoms with E-state index >= 15 is 0 Å². The molecule has 0 aliphatic rings. The second-order valence-corrected chi connectivity index (χ2v) is 1.46. The van der Waals surface area contributed by atoms with E-state index in [0.717, 1.165) is 0 Å². The Morgan fingerprint density at radius 2 is 1.40 bits per heavy atom. The SMILES string of the molecule is O=C(Cl)CCl.O=C(O)O.[KH]. The summed E-state index contributed by atoms with van der Waals surface area (Å²) >= 11 is 9.55. The first-order chi connectivity index (χ1) is 4.00. The number of hydrogen-bond acceptors (Lipinski definition) is 2. The van der Waals surface area contributed by atoms with Crippen molar-refractivity contribution in [3.05, 3.63) is 0 Å². The first kappa shape index (κ1) is 17.3. The summed E-state index contributed by atoms with van der Waals surface area (Å²) < 4.78 is 0. The van der Waals surface area contributed by atoms with Gasteiger partial charge in [-0.25, -0.2) is 4.79 Å². The van der Waals surface area contributed by atoms with E-state index in [1.807, 2.05) is 0 Å². The normalized spacial score (nSPS) is 6.20. The van der Waals surface area contributed by atoms with Gasteiger partial charge in [-0.1, -0.05) is 0 Å². The standard InChI is InChI=1S/C2H2Cl2O.CH2O3.K.H/c3-1-2(4)5;2-1(3)4;;/h1H2;(H2,2,3,4);;. The number of hydrogen-bond donors (Lipinski definition) is 2. The van der Waals surface area contributed by atoms with E-state index in [-0.39, 0.29) is 57.3 Å². The van der Waals surface area contributed by atoms with Crippen LogP contribution in [0, 0.1) is 0 Å². The Morgan fingerprint density at radius 1 is 1.30 bits per heavy atom. The molecule has 0 rings (SSSR count). The number of alkyl halides is 1. The van der Waals surface area contributed by atoms with Crippen LogP contribution in [-0.4, -0.2) is 78.9 Å². The molecule has 10 heavy (non-hydrogen) atoms. The molecule has 0 radical (unpaired) electrons. The number of carboxylic acid groups (broad SMARTS) is 2. The molecular formula is C3H5Cl2KO4. The molecule has 0 aromatic carbocycles. The summed E-state index contributed by atoms with van der Waals surface area (Å²) in [5, 5.41) is 13.4. The van der Waals surface area contributed by atoms with Gasteiger partial charge in [0, 0.05) is 0 Å². The van der Waals surface area contributed by atoms with E-state index in [9.17, 15) is 4.79 Å². The van der Waals surface area contributed by atoms with E-state index in [1.165, 1.54) is 0 Å². The Bertz CT molecular complexity index is 103. The Hall–Kier alpha value is 1.16. The van der Waals surface area contributed by atoms with Crippen LogP contribution < -0.4 is 0 Å². The molecule has 0 aromatic heterocycles. The third-order valence-electron chi connectivity index (χ3n) is 0.105. The van der Waals surface area contributed by atoms with Crippen LogP contribution in [0.2, 0.25) is 0 Å². The second kappa shape index (κ2) is 12.8. The molecule has 0 saturated carbocycles. The molecule has 2 N–H and O–H groups in total. The molecular weight excluding hydrogens is 210 g/mol. The minimum atomic E-state index is -1.83. The van der Waals surface area contributed by atoms with Crippen molar-refractivity contribution in [1.29, 1.82) is 0 Å². The van der Waals surface area contributed by atoms with Gasteiger partial charge in [0.25, 0.3) is 0 Å². The van der Waals surface area contributed by atoms with Crippen molar-refractivity contribution in [1.82, 2.24) is 0 Å². The van der Waals surface area contributed by atoms with Gasteiger partial charge in [0.15, 0.2) is 0 Å². The van der Waals surface area contributed by atoms with E-state index in [2.05, 4.69) is 0 Å². The third-order valence-corrected chi connectivity index (χ3v) is 0.618. The minimum absolute atomic E-state index is 0. The Labute approximate surface area is 110 Å². The van der Waals surface area contributed by atoms with Gasteiger partial charge in [0.1, 0.15) is 0 Å². The molecule has 0 aromatic rings. The van der Waals surface area contributed by atoms with Crippen LogP contribution in [0.3, 0.4) is 0 Å². The van der Waals surface area contributed by atoms with Gasteiger partial charge >= 0.3 is 57.5 Å². The summed E-state index contributed by atoms with van der Waals surface area (Å²) in [5.41, 5.74) is 0. The molecule has 0 bridgehead atoms. The number of carbonyl (C=O) groups is 2. The Kier molecular flexibility index (Phi) is 22.1. The molecule has 56 valence electrons. The zero-order chi connectivity index (χ0) is 7.86. The monoisotopic (exact) mass is 214 g/mol. The summed E-state index contributed by atoms with van der Waals surface area (Å²) in [6.07, 6.45) is -1.83. The van der Waals surface area contributed by atoms with Crippen LogP contribution in [0.1, 0.15) is 0 Å². The number of halogens is 2. The van der Waals surface area contributed by atoms with Crippen molar-refractivity contribution in [2.45, 2.75) is 0 Å². The van der Waals surface area contributed by atoms with Crippen molar-refractivity contribution >= 4 is 86.0 Å². The van der Waals surface area contributed by atoms with Gasteiger partial charge in [-0.3, -0.25) is 4.79 Å². The van der Waals surface area contributed by atoms with E-state index in [1.54, 1.807) is 0 Å². The molecule has 0 aliphatic heterocycles. The third kappa shape index (κ3) is 61.1. The van der Waals surface area contributed by atoms with Gasteiger partial charge in [0.05, 0.1) is 5.88 Å². The Morgan fingerprint density at radius 3 is 1.40 bits per heavy atom. The summed E-state index contributed by atoms with van der Waals surface area (Å²) in [5.74, 6) is -0.0957. The van der Waals surface area contributed by atoms with Crippen LogP contribution in [0.5, 0.6) is 0 Å². The summed E-state index contributed by atoms with van der Waals surface area (Å²) in [7, 11) is 0. The summed E-state index contributed by atoms with van der Waals surface area (Å²) in [4.78, 5) is 18.0. The number of carbonyl (C=O) groups excluding carboxylic acids is 1. The molecule has 0 saturated heterocycles. The van der Waals surface area contributed by atoms with Crippen molar-refractivity contribution in [3.8, 4) is 0 Å². The van der Waals surface area contributed by atoms with E-state index < -0.39 is 11.4 Å². The van der Waals surface area contributed by atoms with Gasteiger partial charge in [0.2, 0.25) is 5.24 Å². The average Bonchev–Trinajstić information content (AvgIpc) is 1.65. The van der Waals surface area contributed by atoms with E-state index in [0.29, 0.717) is 0 Å². The van der Waals surface area contributed by atoms with Crippen molar-refractivity contribution in [2.75, 3.05) is 5.88 Å². The van der Waals surface area contributed by atoms with Crippen molar-refractivity contribution < 1.29 is 19.8 Å². The molecule has 0 spiro atoms. The van der Waals surface area contributed by atoms with Gasteiger partial charge in [-0.2, -0.15) is 0 Å². The molecule has 0 unspecified atom stereocenters. The fourth-order valence-electron chi connectivity index (χ4n) is 0. The van der Waals surface area contributed by atoms with Gasteiger partial charge in [-0.05, 0) is 11.6 Å². The van der Waals surface area contributed by atoms with Gasteiger partial charge in [-0.15, -0.1) is 11.6 Å². The first-order valence-corrected chi connectivity index (χ1v) is 2.58. The van der Waals surface area contributed by atoms with Crippen molar-refractivity contribution in [2.24, 2.45) is 0 Å². The van der Waals surface area contributed by atoms with Crippen LogP contribution >= 0.6 is 23.2 Å². The zero-order valence-electron chi connectivity index (χ0n) is 4.17. The fourth-order valence-corrected chi connectivity index (χ4v) is 0. The van der Waals surface area contributed by atoms with Crippen LogP contribution in [0.25, 0.3) is 0 Å². The molecule has 0 aliphatic carbocycles. The molecule has 0 fully saturated rings. The molecule has 0 amide bonds. The molecule has 0 heterocycles. The van der Waals surface area contributed by atoms with E-state index in [4.69, 9.17) is 38.2 Å². The predicted molar refractivity (Wildman–Crippen MR) is 39.4 cm³/mol. The molecule has 0 atom stereocenters. The summed E-state index contributed by atoms with van der Waals surface area (Å²) in [6.45, 7) is 0. The predicted octanol–water partition coefficient (Wildman–Crippen LogP) is 0.565. The maximum atomic E-state index is 9.45. The van der Waals surface area contributed by atoms with Crippen LogP contribution in [0.4, 0.5) is 4.79 Å².